The molecule has 0 aliphatic carbocycles. The Labute approximate surface area is 139 Å². The van der Waals surface area contributed by atoms with Gasteiger partial charge in [-0.05, 0) is 42.3 Å². The van der Waals surface area contributed by atoms with Gasteiger partial charge in [0.25, 0.3) is 0 Å². The number of anilines is 4. The minimum Gasteiger partial charge on any atom is -0.326 e. The Hall–Kier alpha value is -2.59. The van der Waals surface area contributed by atoms with Crippen LogP contribution < -0.4 is 10.2 Å². The van der Waals surface area contributed by atoms with Crippen LogP contribution >= 0.6 is 11.6 Å². The van der Waals surface area contributed by atoms with Crippen LogP contribution in [0, 0.1) is 0 Å². The molecule has 2 aromatic carbocycles. The van der Waals surface area contributed by atoms with Crippen molar-refractivity contribution >= 4 is 34.7 Å². The Balaban J connectivity index is 1.62. The molecule has 1 aliphatic heterocycles. The Morgan fingerprint density at radius 1 is 1.04 bits per heavy atom. The Kier molecular flexibility index (Phi) is 3.60. The van der Waals surface area contributed by atoms with Crippen LogP contribution in [-0.4, -0.2) is 16.5 Å². The third-order valence-electron chi connectivity index (χ3n) is 3.89. The number of para-hydroxylation sites is 1. The molecule has 23 heavy (non-hydrogen) atoms. The smallest absolute Gasteiger partial charge is 0.229 e. The highest BCUT2D eigenvalue weighted by Crippen LogP contribution is 2.33. The van der Waals surface area contributed by atoms with Crippen molar-refractivity contribution in [3.05, 3.63) is 71.4 Å². The Bertz CT molecular complexity index is 850. The predicted molar refractivity (Wildman–Crippen MR) is 93.9 cm³/mol. The van der Waals surface area contributed by atoms with Gasteiger partial charge in [0.1, 0.15) is 5.82 Å². The van der Waals surface area contributed by atoms with Crippen molar-refractivity contribution in [1.82, 2.24) is 9.97 Å². The summed E-state index contributed by atoms with van der Waals surface area (Å²) in [5, 5.41) is 3.88. The van der Waals surface area contributed by atoms with E-state index in [9.17, 15) is 0 Å². The number of halogens is 1. The molecule has 4 rings (SSSR count). The molecular formula is C18H15ClN4. The van der Waals surface area contributed by atoms with Crippen molar-refractivity contribution in [2.24, 2.45) is 0 Å². The Morgan fingerprint density at radius 2 is 1.96 bits per heavy atom. The van der Waals surface area contributed by atoms with Gasteiger partial charge < -0.3 is 10.2 Å². The summed E-state index contributed by atoms with van der Waals surface area (Å²) in [6, 6.07) is 17.9. The maximum atomic E-state index is 6.01. The van der Waals surface area contributed by atoms with Crippen LogP contribution in [0.5, 0.6) is 0 Å². The molecule has 0 amide bonds. The molecule has 0 saturated heterocycles. The van der Waals surface area contributed by atoms with Gasteiger partial charge in [-0.25, -0.2) is 4.98 Å². The van der Waals surface area contributed by atoms with Crippen LogP contribution in [0.3, 0.4) is 0 Å². The van der Waals surface area contributed by atoms with Gasteiger partial charge in [0.15, 0.2) is 0 Å². The summed E-state index contributed by atoms with van der Waals surface area (Å²) >= 11 is 6.01. The van der Waals surface area contributed by atoms with Gasteiger partial charge in [0, 0.05) is 29.1 Å². The largest absolute Gasteiger partial charge is 0.326 e. The standard InChI is InChI=1S/C18H15ClN4/c19-14-5-3-6-15(12-14)21-18-20-10-8-17(22-18)23-11-9-13-4-1-2-7-16(13)23/h1-8,10,12H,9,11H2,(H,20,21,22). The third kappa shape index (κ3) is 2.85. The van der Waals surface area contributed by atoms with Crippen LogP contribution in [0.2, 0.25) is 5.02 Å². The van der Waals surface area contributed by atoms with Gasteiger partial charge in [0.05, 0.1) is 0 Å². The van der Waals surface area contributed by atoms with Crippen LogP contribution in [0.1, 0.15) is 5.56 Å². The summed E-state index contributed by atoms with van der Waals surface area (Å²) in [7, 11) is 0. The van der Waals surface area contributed by atoms with Crippen molar-refractivity contribution in [3.8, 4) is 0 Å². The quantitative estimate of drug-likeness (QED) is 0.767. The Morgan fingerprint density at radius 3 is 2.87 bits per heavy atom. The highest BCUT2D eigenvalue weighted by Gasteiger charge is 2.20. The number of aromatic nitrogens is 2. The summed E-state index contributed by atoms with van der Waals surface area (Å²) in [4.78, 5) is 11.2. The van der Waals surface area contributed by atoms with Gasteiger partial charge in [-0.2, -0.15) is 4.98 Å². The van der Waals surface area contributed by atoms with E-state index in [4.69, 9.17) is 11.6 Å². The summed E-state index contributed by atoms with van der Waals surface area (Å²) < 4.78 is 0. The first-order valence-electron chi connectivity index (χ1n) is 7.51. The van der Waals surface area contributed by atoms with Crippen molar-refractivity contribution in [1.29, 1.82) is 0 Å². The van der Waals surface area contributed by atoms with Crippen LogP contribution in [0.15, 0.2) is 60.8 Å². The topological polar surface area (TPSA) is 41.1 Å². The van der Waals surface area contributed by atoms with Crippen LogP contribution in [0.25, 0.3) is 0 Å². The monoisotopic (exact) mass is 322 g/mol. The lowest BCUT2D eigenvalue weighted by Gasteiger charge is -2.18. The zero-order valence-corrected chi connectivity index (χ0v) is 13.2. The molecule has 2 heterocycles. The highest BCUT2D eigenvalue weighted by atomic mass is 35.5. The molecule has 0 radical (unpaired) electrons. The zero-order chi connectivity index (χ0) is 15.6. The number of benzene rings is 2. The molecule has 1 aromatic heterocycles. The molecular weight excluding hydrogens is 308 g/mol. The van der Waals surface area contributed by atoms with E-state index < -0.39 is 0 Å². The molecule has 1 aliphatic rings. The number of rotatable bonds is 3. The van der Waals surface area contributed by atoms with E-state index in [0.717, 1.165) is 24.5 Å². The fourth-order valence-corrected chi connectivity index (χ4v) is 3.02. The SMILES string of the molecule is Clc1cccc(Nc2nccc(N3CCc4ccccc43)n2)c1. The first-order chi connectivity index (χ1) is 11.3. The second-order valence-corrected chi connectivity index (χ2v) is 5.84. The lowest BCUT2D eigenvalue weighted by Crippen LogP contribution is -2.15. The molecule has 0 atom stereocenters. The second-order valence-electron chi connectivity index (χ2n) is 5.40. The van der Waals surface area contributed by atoms with Gasteiger partial charge in [-0.1, -0.05) is 35.9 Å². The van der Waals surface area contributed by atoms with E-state index in [1.165, 1.54) is 11.3 Å². The summed E-state index contributed by atoms with van der Waals surface area (Å²) in [6.07, 6.45) is 2.81. The molecule has 4 nitrogen and oxygen atoms in total. The number of nitrogens with zero attached hydrogens (tertiary/aromatic N) is 3. The molecule has 0 unspecified atom stereocenters. The normalized spacial score (nSPS) is 13.0. The average molecular weight is 323 g/mol. The predicted octanol–water partition coefficient (Wildman–Crippen LogP) is 4.57. The van der Waals surface area contributed by atoms with Crippen molar-refractivity contribution in [2.45, 2.75) is 6.42 Å². The number of hydrogen-bond acceptors (Lipinski definition) is 4. The van der Waals surface area contributed by atoms with Gasteiger partial charge in [0.2, 0.25) is 5.95 Å². The van der Waals surface area contributed by atoms with E-state index in [-0.39, 0.29) is 0 Å². The maximum absolute atomic E-state index is 6.01. The second kappa shape index (κ2) is 5.89. The van der Waals surface area contributed by atoms with Gasteiger partial charge >= 0.3 is 0 Å². The number of hydrogen-bond donors (Lipinski definition) is 1. The summed E-state index contributed by atoms with van der Waals surface area (Å²) in [6.45, 7) is 0.937. The van der Waals surface area contributed by atoms with Crippen molar-refractivity contribution in [2.75, 3.05) is 16.8 Å². The molecule has 0 saturated carbocycles. The molecule has 1 N–H and O–H groups in total. The molecule has 114 valence electrons. The minimum absolute atomic E-state index is 0.564. The zero-order valence-electron chi connectivity index (χ0n) is 12.4. The summed E-state index contributed by atoms with van der Waals surface area (Å²) in [5.74, 6) is 1.46. The van der Waals surface area contributed by atoms with E-state index in [1.54, 1.807) is 6.20 Å². The van der Waals surface area contributed by atoms with Gasteiger partial charge in [-0.3, -0.25) is 0 Å². The highest BCUT2D eigenvalue weighted by molar-refractivity contribution is 6.30. The molecule has 3 aromatic rings. The molecule has 5 heteroatoms. The maximum Gasteiger partial charge on any atom is 0.229 e. The van der Waals surface area contributed by atoms with E-state index in [1.807, 2.05) is 30.3 Å². The van der Waals surface area contributed by atoms with Crippen molar-refractivity contribution in [3.63, 3.8) is 0 Å². The van der Waals surface area contributed by atoms with Crippen molar-refractivity contribution < 1.29 is 0 Å². The van der Waals surface area contributed by atoms with Crippen LogP contribution in [-0.2, 0) is 6.42 Å². The fourth-order valence-electron chi connectivity index (χ4n) is 2.83. The third-order valence-corrected chi connectivity index (χ3v) is 4.12. The van der Waals surface area contributed by atoms with Crippen LogP contribution in [0.4, 0.5) is 23.1 Å². The number of fused-ring (bicyclic) bond motifs is 1. The van der Waals surface area contributed by atoms with E-state index >= 15 is 0 Å². The van der Waals surface area contributed by atoms with Gasteiger partial charge in [-0.15, -0.1) is 0 Å². The molecule has 0 bridgehead atoms. The van der Waals surface area contributed by atoms with E-state index in [0.29, 0.717) is 11.0 Å². The minimum atomic E-state index is 0.564. The lowest BCUT2D eigenvalue weighted by molar-refractivity contribution is 0.966. The van der Waals surface area contributed by atoms with E-state index in [2.05, 4.69) is 44.5 Å². The average Bonchev–Trinajstić information content (AvgIpc) is 2.99. The molecule has 0 fully saturated rings. The fraction of sp³-hybridized carbons (Fsp3) is 0.111. The first-order valence-corrected chi connectivity index (χ1v) is 7.88. The number of nitrogens with one attached hydrogen (secondary N) is 1. The lowest BCUT2D eigenvalue weighted by atomic mass is 10.2. The summed E-state index contributed by atoms with van der Waals surface area (Å²) in [5.41, 5.74) is 3.45. The molecule has 0 spiro atoms. The first kappa shape index (κ1) is 14.0.